The Kier molecular flexibility index (Phi) is 4.68. The summed E-state index contributed by atoms with van der Waals surface area (Å²) in [4.78, 5) is 11.0. The van der Waals surface area contributed by atoms with Crippen molar-refractivity contribution in [3.8, 4) is 5.75 Å². The summed E-state index contributed by atoms with van der Waals surface area (Å²) in [6, 6.07) is 1.50. The van der Waals surface area contributed by atoms with Crippen LogP contribution in [0.1, 0.15) is 32.4 Å². The minimum atomic E-state index is -0.983. The first kappa shape index (κ1) is 16.3. The molecule has 0 fully saturated rings. The number of benzene rings is 1. The SMILES string of the molecule is COc1cc2c(CCNC(C)=O)cn(C(C)C)c2c(F)c1F. The zero-order valence-corrected chi connectivity index (χ0v) is 13.2. The van der Waals surface area contributed by atoms with Crippen LogP contribution in [0.2, 0.25) is 0 Å². The van der Waals surface area contributed by atoms with Gasteiger partial charge in [-0.2, -0.15) is 4.39 Å². The molecule has 0 aliphatic heterocycles. The Morgan fingerprint density at radius 3 is 2.59 bits per heavy atom. The van der Waals surface area contributed by atoms with Crippen LogP contribution >= 0.6 is 0 Å². The summed E-state index contributed by atoms with van der Waals surface area (Å²) < 4.78 is 35.0. The topological polar surface area (TPSA) is 43.3 Å². The highest BCUT2D eigenvalue weighted by atomic mass is 19.2. The first-order valence-electron chi connectivity index (χ1n) is 7.16. The molecule has 1 aromatic carbocycles. The number of carbonyl (C=O) groups is 1. The van der Waals surface area contributed by atoms with Crippen LogP contribution in [0.3, 0.4) is 0 Å². The van der Waals surface area contributed by atoms with Crippen LogP contribution in [0.25, 0.3) is 10.9 Å². The van der Waals surface area contributed by atoms with E-state index in [-0.39, 0.29) is 23.2 Å². The molecular weight excluding hydrogens is 290 g/mol. The summed E-state index contributed by atoms with van der Waals surface area (Å²) >= 11 is 0. The maximum atomic E-state index is 14.4. The molecule has 22 heavy (non-hydrogen) atoms. The number of carbonyl (C=O) groups excluding carboxylic acids is 1. The van der Waals surface area contributed by atoms with Crippen LogP contribution in [-0.4, -0.2) is 24.1 Å². The lowest BCUT2D eigenvalue weighted by molar-refractivity contribution is -0.118. The van der Waals surface area contributed by atoms with E-state index >= 15 is 0 Å². The van der Waals surface area contributed by atoms with Gasteiger partial charge in [0.25, 0.3) is 0 Å². The van der Waals surface area contributed by atoms with E-state index in [1.54, 1.807) is 10.8 Å². The molecule has 0 aliphatic rings. The number of hydrogen-bond donors (Lipinski definition) is 1. The summed E-state index contributed by atoms with van der Waals surface area (Å²) in [6.45, 7) is 5.68. The number of hydrogen-bond acceptors (Lipinski definition) is 2. The summed E-state index contributed by atoms with van der Waals surface area (Å²) in [5.74, 6) is -2.13. The Bertz CT molecular complexity index is 708. The fourth-order valence-electron chi connectivity index (χ4n) is 2.52. The number of ether oxygens (including phenoxy) is 1. The van der Waals surface area contributed by atoms with Gasteiger partial charge in [0.05, 0.1) is 12.6 Å². The van der Waals surface area contributed by atoms with E-state index in [0.717, 1.165) is 5.56 Å². The van der Waals surface area contributed by atoms with Crippen molar-refractivity contribution in [2.45, 2.75) is 33.2 Å². The van der Waals surface area contributed by atoms with Crippen molar-refractivity contribution in [3.05, 3.63) is 29.5 Å². The Morgan fingerprint density at radius 1 is 1.36 bits per heavy atom. The number of amides is 1. The molecule has 1 aromatic heterocycles. The standard InChI is InChI=1S/C16H20F2N2O2/c1-9(2)20-8-11(5-6-19-10(3)21)12-7-13(22-4)14(17)15(18)16(12)20/h7-9H,5-6H2,1-4H3,(H,19,21). The molecule has 6 heteroatoms. The zero-order chi connectivity index (χ0) is 16.4. The molecule has 0 atom stereocenters. The second-order valence-electron chi connectivity index (χ2n) is 5.49. The number of fused-ring (bicyclic) bond motifs is 1. The van der Waals surface area contributed by atoms with Crippen molar-refractivity contribution in [2.75, 3.05) is 13.7 Å². The summed E-state index contributed by atoms with van der Waals surface area (Å²) in [6.07, 6.45) is 2.34. The second kappa shape index (κ2) is 6.34. The second-order valence-corrected chi connectivity index (χ2v) is 5.49. The van der Waals surface area contributed by atoms with Crippen molar-refractivity contribution in [2.24, 2.45) is 0 Å². The van der Waals surface area contributed by atoms with Crippen molar-refractivity contribution in [1.82, 2.24) is 9.88 Å². The highest BCUT2D eigenvalue weighted by Gasteiger charge is 2.21. The molecule has 0 spiro atoms. The molecule has 4 nitrogen and oxygen atoms in total. The lowest BCUT2D eigenvalue weighted by Gasteiger charge is -2.11. The number of methoxy groups -OCH3 is 1. The van der Waals surface area contributed by atoms with Gasteiger partial charge in [0.15, 0.2) is 11.6 Å². The van der Waals surface area contributed by atoms with Gasteiger partial charge in [0.1, 0.15) is 0 Å². The molecule has 2 aromatic rings. The molecule has 0 saturated carbocycles. The van der Waals surface area contributed by atoms with Gasteiger partial charge in [-0.25, -0.2) is 4.39 Å². The maximum absolute atomic E-state index is 14.4. The molecular formula is C16H20F2N2O2. The van der Waals surface area contributed by atoms with Crippen LogP contribution < -0.4 is 10.1 Å². The molecule has 2 rings (SSSR count). The Morgan fingerprint density at radius 2 is 2.05 bits per heavy atom. The highest BCUT2D eigenvalue weighted by molar-refractivity contribution is 5.86. The van der Waals surface area contributed by atoms with Gasteiger partial charge in [0.2, 0.25) is 11.7 Å². The van der Waals surface area contributed by atoms with E-state index in [2.05, 4.69) is 5.32 Å². The Balaban J connectivity index is 2.56. The van der Waals surface area contributed by atoms with Crippen molar-refractivity contribution < 1.29 is 18.3 Å². The number of nitrogens with zero attached hydrogens (tertiary/aromatic N) is 1. The monoisotopic (exact) mass is 310 g/mol. The predicted molar refractivity (Wildman–Crippen MR) is 81.2 cm³/mol. The minimum absolute atomic E-state index is 0.0145. The van der Waals surface area contributed by atoms with E-state index < -0.39 is 11.6 Å². The van der Waals surface area contributed by atoms with Crippen LogP contribution in [0.5, 0.6) is 5.75 Å². The van der Waals surface area contributed by atoms with E-state index in [1.807, 2.05) is 13.8 Å². The highest BCUT2D eigenvalue weighted by Crippen LogP contribution is 2.33. The molecule has 0 radical (unpaired) electrons. The van der Waals surface area contributed by atoms with Crippen LogP contribution in [0, 0.1) is 11.6 Å². The molecule has 0 unspecified atom stereocenters. The summed E-state index contributed by atoms with van der Waals surface area (Å²) in [5.41, 5.74) is 1.07. The van der Waals surface area contributed by atoms with E-state index in [4.69, 9.17) is 4.74 Å². The number of halogens is 2. The largest absolute Gasteiger partial charge is 0.494 e. The summed E-state index contributed by atoms with van der Waals surface area (Å²) in [7, 11) is 1.31. The smallest absolute Gasteiger partial charge is 0.216 e. The minimum Gasteiger partial charge on any atom is -0.494 e. The van der Waals surface area contributed by atoms with Gasteiger partial charge in [0, 0.05) is 31.1 Å². The molecule has 1 N–H and O–H groups in total. The van der Waals surface area contributed by atoms with Gasteiger partial charge in [-0.05, 0) is 31.9 Å². The lowest BCUT2D eigenvalue weighted by Crippen LogP contribution is -2.22. The molecule has 120 valence electrons. The first-order chi connectivity index (χ1) is 10.4. The fraction of sp³-hybridized carbons (Fsp3) is 0.438. The lowest BCUT2D eigenvalue weighted by atomic mass is 10.1. The van der Waals surface area contributed by atoms with Crippen LogP contribution in [0.15, 0.2) is 12.3 Å². The Hall–Kier alpha value is -2.11. The van der Waals surface area contributed by atoms with Crippen molar-refractivity contribution >= 4 is 16.8 Å². The van der Waals surface area contributed by atoms with Gasteiger partial charge in [-0.1, -0.05) is 0 Å². The number of nitrogens with one attached hydrogen (secondary N) is 1. The maximum Gasteiger partial charge on any atom is 0.216 e. The Labute approximate surface area is 128 Å². The third-order valence-corrected chi connectivity index (χ3v) is 3.59. The molecule has 0 saturated heterocycles. The molecule has 0 bridgehead atoms. The molecule has 0 aliphatic carbocycles. The zero-order valence-electron chi connectivity index (χ0n) is 13.2. The van der Waals surface area contributed by atoms with Crippen LogP contribution in [0.4, 0.5) is 8.78 Å². The third kappa shape index (κ3) is 2.91. The fourth-order valence-corrected chi connectivity index (χ4v) is 2.52. The van der Waals surface area contributed by atoms with Gasteiger partial charge in [-0.3, -0.25) is 4.79 Å². The number of rotatable bonds is 5. The average Bonchev–Trinajstić information content (AvgIpc) is 2.81. The average molecular weight is 310 g/mol. The molecule has 1 amide bonds. The van der Waals surface area contributed by atoms with E-state index in [1.165, 1.54) is 20.1 Å². The van der Waals surface area contributed by atoms with Crippen molar-refractivity contribution in [3.63, 3.8) is 0 Å². The van der Waals surface area contributed by atoms with E-state index in [0.29, 0.717) is 18.4 Å². The van der Waals surface area contributed by atoms with Gasteiger partial charge >= 0.3 is 0 Å². The van der Waals surface area contributed by atoms with Crippen molar-refractivity contribution in [1.29, 1.82) is 0 Å². The van der Waals surface area contributed by atoms with E-state index in [9.17, 15) is 13.6 Å². The van der Waals surface area contributed by atoms with Gasteiger partial charge in [-0.15, -0.1) is 0 Å². The van der Waals surface area contributed by atoms with Gasteiger partial charge < -0.3 is 14.6 Å². The normalized spacial score (nSPS) is 11.2. The quantitative estimate of drug-likeness (QED) is 0.921. The number of aromatic nitrogens is 1. The van der Waals surface area contributed by atoms with Crippen LogP contribution in [-0.2, 0) is 11.2 Å². The molecule has 1 heterocycles. The summed E-state index contributed by atoms with van der Waals surface area (Å²) in [5, 5.41) is 3.31. The first-order valence-corrected chi connectivity index (χ1v) is 7.16. The predicted octanol–water partition coefficient (Wildman–Crippen LogP) is 3.19. The third-order valence-electron chi connectivity index (χ3n) is 3.59.